The van der Waals surface area contributed by atoms with Gasteiger partial charge in [-0.15, -0.1) is 4.91 Å². The lowest BCUT2D eigenvalue weighted by Gasteiger charge is -2.50. The Hall–Kier alpha value is -2.74. The van der Waals surface area contributed by atoms with Crippen LogP contribution in [0, 0.1) is 4.91 Å². The van der Waals surface area contributed by atoms with Crippen LogP contribution in [0.4, 0.5) is 5.13 Å². The molecule has 15 heteroatoms. The summed E-state index contributed by atoms with van der Waals surface area (Å²) < 4.78 is 0.0408. The van der Waals surface area contributed by atoms with Crippen LogP contribution in [0.1, 0.15) is 24.6 Å². The van der Waals surface area contributed by atoms with Crippen LogP contribution in [0.2, 0.25) is 9.36 Å². The highest BCUT2D eigenvalue weighted by Crippen LogP contribution is 2.44. The Morgan fingerprint density at radius 1 is 1.42 bits per heavy atom. The molecule has 1 fully saturated rings. The number of nitrogen functional groups attached to an aromatic ring is 1. The Kier molecular flexibility index (Phi) is 6.56. The lowest BCUT2D eigenvalue weighted by atomic mass is 9.86. The van der Waals surface area contributed by atoms with E-state index in [0.717, 1.165) is 28.0 Å². The predicted molar refractivity (Wildman–Crippen MR) is 122 cm³/mol. The number of thiazole rings is 1. The number of thioether (sulfide) groups is 1. The number of hydrogen-bond donors (Lipinski definition) is 3. The molecule has 4 heterocycles. The maximum Gasteiger partial charge on any atom is 0.353 e. The Labute approximate surface area is 204 Å². The minimum Gasteiger partial charge on any atom is -0.477 e. The number of nitrogens with one attached hydrogen (secondary N) is 1. The molecule has 4 N–H and O–H groups in total. The number of nitrogens with zero attached hydrogens (tertiary/aromatic N) is 4. The largest absolute Gasteiger partial charge is 0.477 e. The molecule has 0 bridgehead atoms. The van der Waals surface area contributed by atoms with Crippen LogP contribution < -0.4 is 11.1 Å². The van der Waals surface area contributed by atoms with Crippen LogP contribution >= 0.6 is 46.3 Å². The lowest BCUT2D eigenvalue weighted by molar-refractivity contribution is -0.156. The summed E-state index contributed by atoms with van der Waals surface area (Å²) in [6, 6.07) is -1.55. The number of carboxylic acids is 1. The molecule has 4 rings (SSSR count). The summed E-state index contributed by atoms with van der Waals surface area (Å²) in [5.41, 5.74) is 5.29. The van der Waals surface area contributed by atoms with Gasteiger partial charge in [-0.25, -0.2) is 9.78 Å². The number of carbonyl (C=O) groups is 3. The highest BCUT2D eigenvalue weighted by molar-refractivity contribution is 8.03. The Bertz CT molecular complexity index is 1200. The average molecular weight is 529 g/mol. The molecule has 2 aromatic heterocycles. The van der Waals surface area contributed by atoms with E-state index < -0.39 is 35.9 Å². The molecule has 0 spiro atoms. The second-order valence-corrected chi connectivity index (χ2v) is 10.2. The van der Waals surface area contributed by atoms with E-state index in [4.69, 9.17) is 28.9 Å². The summed E-state index contributed by atoms with van der Waals surface area (Å²) in [6.45, 7) is 0. The summed E-state index contributed by atoms with van der Waals surface area (Å²) in [6.07, 6.45) is 3.70. The van der Waals surface area contributed by atoms with Gasteiger partial charge >= 0.3 is 5.97 Å². The van der Waals surface area contributed by atoms with Crippen molar-refractivity contribution in [3.63, 3.8) is 0 Å². The van der Waals surface area contributed by atoms with E-state index >= 15 is 0 Å². The van der Waals surface area contributed by atoms with E-state index in [1.165, 1.54) is 12.4 Å². The number of rotatable bonds is 7. The van der Waals surface area contributed by atoms with Crippen molar-refractivity contribution in [1.82, 2.24) is 20.2 Å². The monoisotopic (exact) mass is 528 g/mol. The van der Waals surface area contributed by atoms with E-state index in [-0.39, 0.29) is 20.9 Å². The number of nitroso groups, excluding NO2 is 1. The van der Waals surface area contributed by atoms with Crippen molar-refractivity contribution in [2.75, 3.05) is 5.73 Å². The molecule has 0 radical (unpaired) electrons. The molecular formula is C18H14Cl2N6O5S2. The molecule has 3 atom stereocenters. The van der Waals surface area contributed by atoms with Gasteiger partial charge in [0.25, 0.3) is 11.8 Å². The number of aliphatic carboxylic acids is 1. The van der Waals surface area contributed by atoms with Gasteiger partial charge in [-0.2, -0.15) is 0 Å². The first-order chi connectivity index (χ1) is 15.7. The van der Waals surface area contributed by atoms with Crippen molar-refractivity contribution in [3.8, 4) is 0 Å². The summed E-state index contributed by atoms with van der Waals surface area (Å²) in [5, 5.41) is 15.5. The van der Waals surface area contributed by atoms with Crippen molar-refractivity contribution in [2.45, 2.75) is 35.9 Å². The number of pyridine rings is 1. The number of β-lactam (4-membered cyclic amide) rings is 1. The van der Waals surface area contributed by atoms with Gasteiger partial charge in [0.15, 0.2) is 5.13 Å². The summed E-state index contributed by atoms with van der Waals surface area (Å²) in [4.78, 5) is 58.7. The van der Waals surface area contributed by atoms with Gasteiger partial charge in [0.05, 0.1) is 11.1 Å². The number of halogens is 2. The molecule has 0 saturated carbocycles. The predicted octanol–water partition coefficient (Wildman–Crippen LogP) is 2.81. The number of anilines is 1. The molecule has 2 amide bonds. The van der Waals surface area contributed by atoms with Crippen LogP contribution in [-0.2, 0) is 14.4 Å². The average Bonchev–Trinajstić information content (AvgIpc) is 3.11. The van der Waals surface area contributed by atoms with Crippen LogP contribution in [-0.4, -0.2) is 49.8 Å². The summed E-state index contributed by atoms with van der Waals surface area (Å²) >= 11 is 14.1. The first kappa shape index (κ1) is 23.4. The number of allylic oxidation sites excluding steroid dienone is 1. The number of aromatic nitrogens is 2. The number of carbonyl (C=O) groups excluding carboxylic acids is 2. The van der Waals surface area contributed by atoms with E-state index in [1.54, 1.807) is 6.07 Å². The highest BCUT2D eigenvalue weighted by Gasteiger charge is 2.54. The third-order valence-corrected chi connectivity index (χ3v) is 7.85. The molecule has 0 aromatic carbocycles. The van der Waals surface area contributed by atoms with Gasteiger partial charge < -0.3 is 16.2 Å². The van der Waals surface area contributed by atoms with Crippen LogP contribution in [0.25, 0.3) is 0 Å². The maximum atomic E-state index is 12.8. The second-order valence-electron chi connectivity index (χ2n) is 7.00. The van der Waals surface area contributed by atoms with Gasteiger partial charge in [-0.1, -0.05) is 46.3 Å². The zero-order valence-corrected chi connectivity index (χ0v) is 19.5. The molecule has 2 unspecified atom stereocenters. The van der Waals surface area contributed by atoms with Gasteiger partial charge in [-0.3, -0.25) is 19.5 Å². The Balaban J connectivity index is 1.54. The number of fused-ring (bicyclic) bond motifs is 1. The molecule has 1 saturated heterocycles. The normalized spacial score (nSPS) is 20.7. The second kappa shape index (κ2) is 9.25. The van der Waals surface area contributed by atoms with Gasteiger partial charge in [0.1, 0.15) is 21.8 Å². The van der Waals surface area contributed by atoms with E-state index in [2.05, 4.69) is 20.5 Å². The van der Waals surface area contributed by atoms with Crippen molar-refractivity contribution >= 4 is 69.2 Å². The quantitative estimate of drug-likeness (QED) is 0.361. The number of carboxylic acid groups (broad SMARTS) is 1. The van der Waals surface area contributed by atoms with Crippen molar-refractivity contribution in [3.05, 3.63) is 49.0 Å². The maximum absolute atomic E-state index is 12.8. The summed E-state index contributed by atoms with van der Waals surface area (Å²) in [7, 11) is 0. The van der Waals surface area contributed by atoms with Gasteiger partial charge in [0, 0.05) is 22.2 Å². The van der Waals surface area contributed by atoms with Crippen molar-refractivity contribution < 1.29 is 19.5 Å². The Morgan fingerprint density at radius 3 is 2.79 bits per heavy atom. The zero-order valence-electron chi connectivity index (χ0n) is 16.4. The topological polar surface area (TPSA) is 168 Å². The third kappa shape index (κ3) is 4.28. The lowest BCUT2D eigenvalue weighted by Crippen LogP contribution is -2.71. The van der Waals surface area contributed by atoms with E-state index in [1.807, 2.05) is 0 Å². The van der Waals surface area contributed by atoms with E-state index in [0.29, 0.717) is 27.7 Å². The molecule has 172 valence electrons. The number of nitrogens with two attached hydrogens (primary N) is 1. The smallest absolute Gasteiger partial charge is 0.353 e. The number of amides is 2. The van der Waals surface area contributed by atoms with Gasteiger partial charge in [-0.05, 0) is 24.1 Å². The van der Waals surface area contributed by atoms with E-state index in [9.17, 15) is 24.4 Å². The highest BCUT2D eigenvalue weighted by atomic mass is 35.5. The fourth-order valence-corrected chi connectivity index (χ4v) is 5.91. The first-order valence-corrected chi connectivity index (χ1v) is 11.7. The standard InChI is InChI=1S/C18H14Cl2N6O5S2/c19-6-5-22-4-3-8(6)32-9-2-1-7-10(16(28)26(7)13(9)17(29)30)23-15(27)12(25-31)11-14(20)33-18(21)24-11/h3-5,7,10,12H,1-2H2,(H2,21,24)(H,23,27)(H,29,30)/t7?,10-,12?/m0/s1. The fraction of sp³-hybridized carbons (Fsp3) is 0.278. The molecule has 0 aliphatic carbocycles. The molecule has 2 aromatic rings. The van der Waals surface area contributed by atoms with Crippen molar-refractivity contribution in [2.24, 2.45) is 5.18 Å². The summed E-state index contributed by atoms with van der Waals surface area (Å²) in [5.74, 6) is -2.76. The molecule has 33 heavy (non-hydrogen) atoms. The molecule has 2 aliphatic rings. The minimum atomic E-state index is -1.59. The van der Waals surface area contributed by atoms with Crippen LogP contribution in [0.5, 0.6) is 0 Å². The van der Waals surface area contributed by atoms with Crippen LogP contribution in [0.15, 0.2) is 39.1 Å². The van der Waals surface area contributed by atoms with Crippen molar-refractivity contribution in [1.29, 1.82) is 0 Å². The minimum absolute atomic E-state index is 0.0408. The Morgan fingerprint density at radius 2 is 2.18 bits per heavy atom. The molecular weight excluding hydrogens is 515 g/mol. The zero-order chi connectivity index (χ0) is 23.9. The van der Waals surface area contributed by atoms with Crippen LogP contribution in [0.3, 0.4) is 0 Å². The number of hydrogen-bond acceptors (Lipinski definition) is 10. The first-order valence-electron chi connectivity index (χ1n) is 9.34. The van der Waals surface area contributed by atoms with Gasteiger partial charge in [0.2, 0.25) is 6.04 Å². The molecule has 2 aliphatic heterocycles. The third-order valence-electron chi connectivity index (χ3n) is 5.10. The fourth-order valence-electron chi connectivity index (χ4n) is 3.66. The molecule has 11 nitrogen and oxygen atoms in total. The SMILES string of the molecule is Nc1nc(C(N=O)C(=O)N[C@@H]2C(=O)N3C(C(=O)O)=C(Sc4ccncc4Cl)CCC23)c(Cl)s1.